The van der Waals surface area contributed by atoms with Crippen molar-refractivity contribution in [2.24, 2.45) is 0 Å². The van der Waals surface area contributed by atoms with Gasteiger partial charge in [-0.2, -0.15) is 0 Å². The highest BCUT2D eigenvalue weighted by Gasteiger charge is 2.08. The summed E-state index contributed by atoms with van der Waals surface area (Å²) in [4.78, 5) is 12.7. The number of rotatable bonds is 3. The average molecular weight is 239 g/mol. The number of nitrogens with two attached hydrogens (primary N) is 1. The van der Waals surface area contributed by atoms with Crippen LogP contribution in [0.5, 0.6) is 0 Å². The van der Waals surface area contributed by atoms with Crippen molar-refractivity contribution in [1.82, 2.24) is 19.6 Å². The lowest BCUT2D eigenvalue weighted by atomic mass is 10.1. The Bertz CT molecular complexity index is 659. The lowest BCUT2D eigenvalue weighted by Crippen LogP contribution is -2.07. The molecule has 90 valence electrons. The molecule has 0 unspecified atom stereocenters. The van der Waals surface area contributed by atoms with E-state index in [1.807, 2.05) is 18.2 Å². The molecule has 0 fully saturated rings. The van der Waals surface area contributed by atoms with Crippen molar-refractivity contribution in [1.29, 1.82) is 0 Å². The molecule has 2 aromatic heterocycles. The van der Waals surface area contributed by atoms with E-state index in [4.69, 9.17) is 5.84 Å². The number of nitrogens with zero attached hydrogens (tertiary/aromatic N) is 4. The van der Waals surface area contributed by atoms with Gasteiger partial charge in [0.05, 0.1) is 5.69 Å². The van der Waals surface area contributed by atoms with Gasteiger partial charge in [0.1, 0.15) is 18.2 Å². The van der Waals surface area contributed by atoms with Crippen molar-refractivity contribution >= 4 is 11.2 Å². The zero-order valence-corrected chi connectivity index (χ0v) is 9.82. The second-order valence-electron chi connectivity index (χ2n) is 4.13. The topological polar surface area (TPSA) is 69.6 Å². The molecule has 2 N–H and O–H groups in total. The van der Waals surface area contributed by atoms with E-state index in [0.29, 0.717) is 5.65 Å². The first-order chi connectivity index (χ1) is 8.84. The first kappa shape index (κ1) is 10.7. The number of aryl methyl sites for hydroxylation is 2. The van der Waals surface area contributed by atoms with Crippen LogP contribution in [0.3, 0.4) is 0 Å². The Hall–Kier alpha value is -2.43. The normalized spacial score (nSPS) is 10.9. The van der Waals surface area contributed by atoms with E-state index >= 15 is 0 Å². The third-order valence-corrected chi connectivity index (χ3v) is 2.93. The monoisotopic (exact) mass is 239 g/mol. The summed E-state index contributed by atoms with van der Waals surface area (Å²) in [5, 5.41) is 0. The minimum absolute atomic E-state index is 0.674. The number of benzene rings is 1. The van der Waals surface area contributed by atoms with Gasteiger partial charge in [-0.3, -0.25) is 0 Å². The highest BCUT2D eigenvalue weighted by Crippen LogP contribution is 2.13. The highest BCUT2D eigenvalue weighted by atomic mass is 15.3. The van der Waals surface area contributed by atoms with E-state index in [9.17, 15) is 0 Å². The molecule has 3 rings (SSSR count). The van der Waals surface area contributed by atoms with Crippen LogP contribution in [-0.2, 0) is 12.8 Å². The number of imidazole rings is 1. The molecule has 0 aliphatic rings. The molecule has 0 aliphatic heterocycles. The standard InChI is InChI=1S/C13H13N5/c14-18-9-17-12-11(15-8-16-13(12)18)7-6-10-4-2-1-3-5-10/h1-5,8-9H,6-7,14H2. The number of aromatic nitrogens is 4. The fraction of sp³-hybridized carbons (Fsp3) is 0.154. The molecular formula is C13H13N5. The fourth-order valence-electron chi connectivity index (χ4n) is 1.99. The van der Waals surface area contributed by atoms with Crippen LogP contribution in [0, 0.1) is 0 Å². The Kier molecular flexibility index (Phi) is 2.64. The zero-order chi connectivity index (χ0) is 12.4. The molecule has 5 nitrogen and oxygen atoms in total. The van der Waals surface area contributed by atoms with E-state index in [0.717, 1.165) is 24.1 Å². The van der Waals surface area contributed by atoms with Gasteiger partial charge in [-0.15, -0.1) is 0 Å². The molecule has 0 spiro atoms. The summed E-state index contributed by atoms with van der Waals surface area (Å²) >= 11 is 0. The molecule has 0 bridgehead atoms. The van der Waals surface area contributed by atoms with Gasteiger partial charge in [0, 0.05) is 0 Å². The van der Waals surface area contributed by atoms with Crippen LogP contribution in [0.1, 0.15) is 11.3 Å². The van der Waals surface area contributed by atoms with Crippen LogP contribution >= 0.6 is 0 Å². The quantitative estimate of drug-likeness (QED) is 0.700. The van der Waals surface area contributed by atoms with Crippen molar-refractivity contribution in [2.45, 2.75) is 12.8 Å². The summed E-state index contributed by atoms with van der Waals surface area (Å²) in [5.41, 5.74) is 3.69. The maximum Gasteiger partial charge on any atom is 0.181 e. The van der Waals surface area contributed by atoms with Crippen LogP contribution in [0.25, 0.3) is 11.2 Å². The average Bonchev–Trinajstić information content (AvgIpc) is 2.80. The first-order valence-electron chi connectivity index (χ1n) is 5.80. The Balaban J connectivity index is 1.87. The molecule has 18 heavy (non-hydrogen) atoms. The van der Waals surface area contributed by atoms with Gasteiger partial charge in [-0.1, -0.05) is 30.3 Å². The minimum Gasteiger partial charge on any atom is -0.336 e. The summed E-state index contributed by atoms with van der Waals surface area (Å²) in [6, 6.07) is 10.3. The molecule has 1 aromatic carbocycles. The van der Waals surface area contributed by atoms with Crippen LogP contribution in [0.2, 0.25) is 0 Å². The molecule has 3 aromatic rings. The predicted molar refractivity (Wildman–Crippen MR) is 69.3 cm³/mol. The molecule has 0 atom stereocenters. The molecule has 0 aliphatic carbocycles. The van der Waals surface area contributed by atoms with E-state index < -0.39 is 0 Å². The van der Waals surface area contributed by atoms with Crippen LogP contribution in [0.4, 0.5) is 0 Å². The van der Waals surface area contributed by atoms with Crippen LogP contribution in [-0.4, -0.2) is 19.6 Å². The van der Waals surface area contributed by atoms with Gasteiger partial charge in [-0.25, -0.2) is 19.6 Å². The Morgan fingerprint density at radius 2 is 1.83 bits per heavy atom. The number of hydrogen-bond donors (Lipinski definition) is 1. The SMILES string of the molecule is Nn1cnc2c(CCc3ccccc3)ncnc21. The third-order valence-electron chi connectivity index (χ3n) is 2.93. The van der Waals surface area contributed by atoms with Crippen molar-refractivity contribution < 1.29 is 0 Å². The highest BCUT2D eigenvalue weighted by molar-refractivity contribution is 5.73. The van der Waals surface area contributed by atoms with Gasteiger partial charge < -0.3 is 5.84 Å². The lowest BCUT2D eigenvalue weighted by Gasteiger charge is -2.02. The second-order valence-corrected chi connectivity index (χ2v) is 4.13. The van der Waals surface area contributed by atoms with Crippen LogP contribution < -0.4 is 5.84 Å². The van der Waals surface area contributed by atoms with E-state index in [-0.39, 0.29) is 0 Å². The number of hydrogen-bond acceptors (Lipinski definition) is 4. The van der Waals surface area contributed by atoms with E-state index in [1.54, 1.807) is 6.33 Å². The third kappa shape index (κ3) is 1.90. The van der Waals surface area contributed by atoms with Gasteiger partial charge in [0.25, 0.3) is 0 Å². The molecule has 0 radical (unpaired) electrons. The van der Waals surface area contributed by atoms with E-state index in [1.165, 1.54) is 16.6 Å². The first-order valence-corrected chi connectivity index (χ1v) is 5.80. The van der Waals surface area contributed by atoms with Gasteiger partial charge in [0.15, 0.2) is 5.65 Å². The molecule has 0 saturated carbocycles. The summed E-state index contributed by atoms with van der Waals surface area (Å²) in [5.74, 6) is 5.72. The predicted octanol–water partition coefficient (Wildman–Crippen LogP) is 1.33. The zero-order valence-electron chi connectivity index (χ0n) is 9.82. The van der Waals surface area contributed by atoms with Crippen molar-refractivity contribution in [3.63, 3.8) is 0 Å². The van der Waals surface area contributed by atoms with E-state index in [2.05, 4.69) is 27.1 Å². The van der Waals surface area contributed by atoms with Crippen molar-refractivity contribution in [3.8, 4) is 0 Å². The molecular weight excluding hydrogens is 226 g/mol. The van der Waals surface area contributed by atoms with Crippen molar-refractivity contribution in [2.75, 3.05) is 5.84 Å². The molecule has 5 heteroatoms. The fourth-order valence-corrected chi connectivity index (χ4v) is 1.99. The lowest BCUT2D eigenvalue weighted by molar-refractivity contribution is 0.911. The smallest absolute Gasteiger partial charge is 0.181 e. The Labute approximate surface area is 104 Å². The second kappa shape index (κ2) is 4.44. The largest absolute Gasteiger partial charge is 0.336 e. The van der Waals surface area contributed by atoms with Gasteiger partial charge >= 0.3 is 0 Å². The Morgan fingerprint density at radius 1 is 1.00 bits per heavy atom. The summed E-state index contributed by atoms with van der Waals surface area (Å²) in [7, 11) is 0. The maximum absolute atomic E-state index is 5.72. The van der Waals surface area contributed by atoms with Crippen LogP contribution in [0.15, 0.2) is 43.0 Å². The summed E-state index contributed by atoms with van der Waals surface area (Å²) in [6.45, 7) is 0. The molecule has 0 amide bonds. The maximum atomic E-state index is 5.72. The van der Waals surface area contributed by atoms with Crippen molar-refractivity contribution in [3.05, 3.63) is 54.2 Å². The van der Waals surface area contributed by atoms with Gasteiger partial charge in [0.2, 0.25) is 0 Å². The summed E-state index contributed by atoms with van der Waals surface area (Å²) < 4.78 is 1.42. The number of nitrogen functional groups attached to an aromatic ring is 1. The molecule has 0 saturated heterocycles. The Morgan fingerprint density at radius 3 is 2.67 bits per heavy atom. The summed E-state index contributed by atoms with van der Waals surface area (Å²) in [6.07, 6.45) is 4.86. The van der Waals surface area contributed by atoms with Gasteiger partial charge in [-0.05, 0) is 18.4 Å². The molecule has 2 heterocycles. The minimum atomic E-state index is 0.674. The number of fused-ring (bicyclic) bond motifs is 1.